The summed E-state index contributed by atoms with van der Waals surface area (Å²) in [5.41, 5.74) is 2.72. The first-order valence-corrected chi connectivity index (χ1v) is 9.89. The van der Waals surface area contributed by atoms with Gasteiger partial charge in [0.1, 0.15) is 10.6 Å². The maximum Gasteiger partial charge on any atom is 0.225 e. The number of thiophene rings is 1. The van der Waals surface area contributed by atoms with Crippen molar-refractivity contribution in [3.63, 3.8) is 0 Å². The monoisotopic (exact) mass is 372 g/mol. The molecule has 0 fully saturated rings. The second-order valence-corrected chi connectivity index (χ2v) is 8.30. The Labute approximate surface area is 156 Å². The Balaban J connectivity index is 1.68. The van der Waals surface area contributed by atoms with Crippen LogP contribution in [0.25, 0.3) is 10.2 Å². The molecule has 1 aliphatic carbocycles. The third kappa shape index (κ3) is 3.35. The fourth-order valence-electron chi connectivity index (χ4n) is 3.53. The van der Waals surface area contributed by atoms with Gasteiger partial charge in [-0.2, -0.15) is 4.98 Å². The van der Waals surface area contributed by atoms with E-state index in [-0.39, 0.29) is 0 Å². The average molecular weight is 373 g/mol. The van der Waals surface area contributed by atoms with Crippen molar-refractivity contribution in [3.05, 3.63) is 45.8 Å². The number of anilines is 1. The third-order valence-electron chi connectivity index (χ3n) is 4.96. The number of nitrogens with zero attached hydrogens (tertiary/aromatic N) is 4. The molecule has 0 aromatic carbocycles. The lowest BCUT2D eigenvalue weighted by molar-refractivity contribution is 0.509. The number of likely N-dealkylation sites (N-methyl/N-ethyl adjacent to an activating group) is 1. The lowest BCUT2D eigenvalue weighted by atomic mass is 9.89. The van der Waals surface area contributed by atoms with Crippen LogP contribution in [0.5, 0.6) is 0 Å². The molecule has 4 nitrogen and oxygen atoms in total. The lowest BCUT2D eigenvalue weighted by Crippen LogP contribution is -2.22. The number of hydrogen-bond acceptors (Lipinski definition) is 5. The van der Waals surface area contributed by atoms with E-state index in [0.717, 1.165) is 42.4 Å². The van der Waals surface area contributed by atoms with Crippen LogP contribution in [0.1, 0.15) is 29.3 Å². The zero-order chi connectivity index (χ0) is 17.4. The zero-order valence-corrected chi connectivity index (χ0v) is 16.1. The summed E-state index contributed by atoms with van der Waals surface area (Å²) >= 11 is 8.02. The molecule has 0 bridgehead atoms. The largest absolute Gasteiger partial charge is 0.359 e. The number of aromatic nitrogens is 3. The summed E-state index contributed by atoms with van der Waals surface area (Å²) in [5.74, 6) is 1.72. The Morgan fingerprint density at radius 2 is 2.08 bits per heavy atom. The molecule has 1 aliphatic rings. The molecule has 0 radical (unpaired) electrons. The van der Waals surface area contributed by atoms with Crippen molar-refractivity contribution < 1.29 is 0 Å². The molecule has 6 heteroatoms. The molecule has 3 aromatic rings. The van der Waals surface area contributed by atoms with Crippen molar-refractivity contribution in [1.29, 1.82) is 0 Å². The molecular weight excluding hydrogens is 352 g/mol. The molecule has 0 N–H and O–H groups in total. The molecule has 3 heterocycles. The first-order chi connectivity index (χ1) is 12.1. The van der Waals surface area contributed by atoms with E-state index >= 15 is 0 Å². The zero-order valence-electron chi connectivity index (χ0n) is 14.5. The van der Waals surface area contributed by atoms with Crippen molar-refractivity contribution in [2.24, 2.45) is 5.92 Å². The third-order valence-corrected chi connectivity index (χ3v) is 6.27. The summed E-state index contributed by atoms with van der Waals surface area (Å²) in [6.07, 6.45) is 8.13. The summed E-state index contributed by atoms with van der Waals surface area (Å²) in [7, 11) is 2.09. The highest BCUT2D eigenvalue weighted by molar-refractivity contribution is 7.19. The van der Waals surface area contributed by atoms with E-state index in [0.29, 0.717) is 5.28 Å². The van der Waals surface area contributed by atoms with Crippen LogP contribution in [0.4, 0.5) is 5.82 Å². The quantitative estimate of drug-likeness (QED) is 0.630. The van der Waals surface area contributed by atoms with Crippen LogP contribution in [0.15, 0.2) is 24.5 Å². The van der Waals surface area contributed by atoms with Crippen molar-refractivity contribution in [2.45, 2.75) is 32.6 Å². The van der Waals surface area contributed by atoms with Crippen LogP contribution < -0.4 is 4.90 Å². The molecule has 0 amide bonds. The van der Waals surface area contributed by atoms with Gasteiger partial charge in [0.2, 0.25) is 5.28 Å². The van der Waals surface area contributed by atoms with Gasteiger partial charge < -0.3 is 4.90 Å². The smallest absolute Gasteiger partial charge is 0.225 e. The highest BCUT2D eigenvalue weighted by Gasteiger charge is 2.24. The Bertz CT molecular complexity index is 893. The fourth-order valence-corrected chi connectivity index (χ4v) is 5.12. The number of fused-ring (bicyclic) bond motifs is 3. The van der Waals surface area contributed by atoms with E-state index < -0.39 is 0 Å². The first kappa shape index (κ1) is 16.7. The van der Waals surface area contributed by atoms with Gasteiger partial charge in [0.25, 0.3) is 0 Å². The average Bonchev–Trinajstić information content (AvgIpc) is 2.96. The summed E-state index contributed by atoms with van der Waals surface area (Å²) in [5, 5.41) is 1.55. The van der Waals surface area contributed by atoms with E-state index in [1.54, 1.807) is 11.3 Å². The normalized spacial score (nSPS) is 16.8. The Kier molecular flexibility index (Phi) is 4.61. The number of pyridine rings is 1. The van der Waals surface area contributed by atoms with Gasteiger partial charge in [0, 0.05) is 30.9 Å². The number of halogens is 1. The molecule has 0 spiro atoms. The fraction of sp³-hybridized carbons (Fsp3) is 0.421. The van der Waals surface area contributed by atoms with Crippen LogP contribution in [0.2, 0.25) is 5.28 Å². The van der Waals surface area contributed by atoms with Crippen LogP contribution >= 0.6 is 22.9 Å². The van der Waals surface area contributed by atoms with Crippen molar-refractivity contribution in [2.75, 3.05) is 18.5 Å². The second-order valence-electron chi connectivity index (χ2n) is 6.88. The molecule has 0 saturated heterocycles. The van der Waals surface area contributed by atoms with Gasteiger partial charge in [-0.25, -0.2) is 4.98 Å². The number of hydrogen-bond donors (Lipinski definition) is 0. The summed E-state index contributed by atoms with van der Waals surface area (Å²) < 4.78 is 0. The van der Waals surface area contributed by atoms with Gasteiger partial charge in [-0.1, -0.05) is 6.92 Å². The van der Waals surface area contributed by atoms with Gasteiger partial charge in [0.05, 0.1) is 5.39 Å². The van der Waals surface area contributed by atoms with E-state index in [9.17, 15) is 0 Å². The summed E-state index contributed by atoms with van der Waals surface area (Å²) in [6, 6.07) is 4.12. The standard InChI is InChI=1S/C19H21ClN4S/c1-12-3-4-14-15(11-12)25-18-16(14)17(22-19(20)23-18)24(2)10-7-13-5-8-21-9-6-13/h5-6,8-9,12H,3-4,7,10-11H2,1-2H3. The highest BCUT2D eigenvalue weighted by Crippen LogP contribution is 2.41. The van der Waals surface area contributed by atoms with Gasteiger partial charge in [0.15, 0.2) is 0 Å². The first-order valence-electron chi connectivity index (χ1n) is 8.69. The Hall–Kier alpha value is -1.72. The predicted octanol–water partition coefficient (Wildman–Crippen LogP) is 4.54. The number of rotatable bonds is 4. The number of aryl methyl sites for hydroxylation is 1. The molecule has 1 atom stereocenters. The minimum atomic E-state index is 0.338. The maximum atomic E-state index is 6.23. The van der Waals surface area contributed by atoms with Gasteiger partial charge in [-0.15, -0.1) is 11.3 Å². The van der Waals surface area contributed by atoms with Gasteiger partial charge in [-0.05, 0) is 66.5 Å². The van der Waals surface area contributed by atoms with Crippen molar-refractivity contribution in [3.8, 4) is 0 Å². The van der Waals surface area contributed by atoms with Crippen LogP contribution in [0.3, 0.4) is 0 Å². The van der Waals surface area contributed by atoms with E-state index in [1.165, 1.54) is 27.8 Å². The van der Waals surface area contributed by atoms with E-state index in [1.807, 2.05) is 12.4 Å². The predicted molar refractivity (Wildman–Crippen MR) is 105 cm³/mol. The summed E-state index contributed by atoms with van der Waals surface area (Å²) in [4.78, 5) is 17.9. The molecule has 1 unspecified atom stereocenters. The highest BCUT2D eigenvalue weighted by atomic mass is 35.5. The lowest BCUT2D eigenvalue weighted by Gasteiger charge is -2.22. The summed E-state index contributed by atoms with van der Waals surface area (Å²) in [6.45, 7) is 3.21. The molecule has 25 heavy (non-hydrogen) atoms. The van der Waals surface area contributed by atoms with Crippen molar-refractivity contribution in [1.82, 2.24) is 15.0 Å². The van der Waals surface area contributed by atoms with Crippen LogP contribution in [-0.4, -0.2) is 28.5 Å². The molecule has 0 aliphatic heterocycles. The van der Waals surface area contributed by atoms with Crippen molar-refractivity contribution >= 4 is 39.0 Å². The van der Waals surface area contributed by atoms with Gasteiger partial charge >= 0.3 is 0 Å². The Morgan fingerprint density at radius 3 is 2.88 bits per heavy atom. The van der Waals surface area contributed by atoms with E-state index in [4.69, 9.17) is 11.6 Å². The van der Waals surface area contributed by atoms with Crippen LogP contribution in [-0.2, 0) is 19.3 Å². The Morgan fingerprint density at radius 1 is 1.28 bits per heavy atom. The van der Waals surface area contributed by atoms with Gasteiger partial charge in [-0.3, -0.25) is 4.98 Å². The van der Waals surface area contributed by atoms with Crippen LogP contribution in [0, 0.1) is 5.92 Å². The minimum Gasteiger partial charge on any atom is -0.359 e. The molecule has 130 valence electrons. The second kappa shape index (κ2) is 6.89. The minimum absolute atomic E-state index is 0.338. The molecule has 3 aromatic heterocycles. The molecular formula is C19H21ClN4S. The maximum absolute atomic E-state index is 6.23. The molecule has 0 saturated carbocycles. The van der Waals surface area contributed by atoms with E-state index in [2.05, 4.69) is 46.0 Å². The topological polar surface area (TPSA) is 41.9 Å². The SMILES string of the molecule is CC1CCc2c(sc3nc(Cl)nc(N(C)CCc4ccncc4)c23)C1. The molecule has 4 rings (SSSR count).